The van der Waals surface area contributed by atoms with Crippen molar-refractivity contribution in [1.82, 2.24) is 10.2 Å². The smallest absolute Gasteiger partial charge is 0.277 e. The largest absolute Gasteiger partial charge is 0.410 e. The first-order valence-corrected chi connectivity index (χ1v) is 8.29. The van der Waals surface area contributed by atoms with Crippen molar-refractivity contribution in [1.29, 1.82) is 0 Å². The number of benzene rings is 1. The van der Waals surface area contributed by atoms with E-state index in [0.717, 1.165) is 12.2 Å². The molecule has 0 fully saturated rings. The molecule has 4 nitrogen and oxygen atoms in total. The SMILES string of the molecule is Cc1ccc(C)c(CSc2nnc(C([NH3+])CC(C)C)o2)c1. The highest BCUT2D eigenvalue weighted by atomic mass is 32.2. The summed E-state index contributed by atoms with van der Waals surface area (Å²) in [6.07, 6.45) is 0.962. The standard InChI is InChI=1S/C16H23N3OS/c1-10(2)7-14(17)15-18-19-16(20-15)21-9-13-8-11(3)5-6-12(13)4/h5-6,8,10,14H,7,9,17H2,1-4H3/p+1. The average molecular weight is 306 g/mol. The summed E-state index contributed by atoms with van der Waals surface area (Å²) in [6, 6.07) is 6.57. The highest BCUT2D eigenvalue weighted by molar-refractivity contribution is 7.98. The molecule has 3 N–H and O–H groups in total. The number of hydrogen-bond donors (Lipinski definition) is 1. The molecule has 0 spiro atoms. The maximum absolute atomic E-state index is 5.72. The second-order valence-electron chi connectivity index (χ2n) is 5.95. The maximum atomic E-state index is 5.72. The van der Waals surface area contributed by atoms with Crippen LogP contribution in [0.2, 0.25) is 0 Å². The molecule has 5 heteroatoms. The van der Waals surface area contributed by atoms with Gasteiger partial charge in [0.25, 0.3) is 11.1 Å². The molecule has 1 atom stereocenters. The van der Waals surface area contributed by atoms with Gasteiger partial charge < -0.3 is 10.2 Å². The van der Waals surface area contributed by atoms with E-state index in [1.54, 1.807) is 11.8 Å². The third-order valence-corrected chi connectivity index (χ3v) is 4.25. The van der Waals surface area contributed by atoms with Crippen molar-refractivity contribution < 1.29 is 10.2 Å². The lowest BCUT2D eigenvalue weighted by molar-refractivity contribution is -0.435. The van der Waals surface area contributed by atoms with Gasteiger partial charge in [-0.05, 0) is 30.9 Å². The zero-order chi connectivity index (χ0) is 15.4. The predicted molar refractivity (Wildman–Crippen MR) is 84.9 cm³/mol. The van der Waals surface area contributed by atoms with E-state index >= 15 is 0 Å². The van der Waals surface area contributed by atoms with Gasteiger partial charge in [-0.2, -0.15) is 0 Å². The highest BCUT2D eigenvalue weighted by Gasteiger charge is 2.19. The minimum absolute atomic E-state index is 0.0764. The molecule has 1 unspecified atom stereocenters. The van der Waals surface area contributed by atoms with Gasteiger partial charge in [0.2, 0.25) is 0 Å². The quantitative estimate of drug-likeness (QED) is 0.831. The molecule has 0 saturated heterocycles. The Morgan fingerprint density at radius 2 is 2.00 bits per heavy atom. The Hall–Kier alpha value is -1.33. The average Bonchev–Trinajstić information content (AvgIpc) is 2.88. The Morgan fingerprint density at radius 3 is 2.71 bits per heavy atom. The molecule has 21 heavy (non-hydrogen) atoms. The maximum Gasteiger partial charge on any atom is 0.277 e. The summed E-state index contributed by atoms with van der Waals surface area (Å²) in [4.78, 5) is 0. The van der Waals surface area contributed by atoms with E-state index in [9.17, 15) is 0 Å². The Balaban J connectivity index is 1.98. The molecular formula is C16H24N3OS+. The minimum atomic E-state index is 0.0764. The molecule has 0 bridgehead atoms. The molecule has 0 radical (unpaired) electrons. The van der Waals surface area contributed by atoms with Crippen molar-refractivity contribution in [3.63, 3.8) is 0 Å². The van der Waals surface area contributed by atoms with Crippen LogP contribution in [0.25, 0.3) is 0 Å². The zero-order valence-corrected chi connectivity index (χ0v) is 14.0. The molecule has 0 aliphatic rings. The van der Waals surface area contributed by atoms with Gasteiger partial charge in [0.1, 0.15) is 0 Å². The molecule has 1 aromatic carbocycles. The Kier molecular flexibility index (Phi) is 5.42. The first kappa shape index (κ1) is 16.0. The van der Waals surface area contributed by atoms with Crippen LogP contribution in [-0.2, 0) is 5.75 Å². The number of aromatic nitrogens is 2. The molecule has 0 amide bonds. The van der Waals surface area contributed by atoms with Crippen LogP contribution in [0.1, 0.15) is 48.9 Å². The summed E-state index contributed by atoms with van der Waals surface area (Å²) < 4.78 is 5.72. The number of hydrogen-bond acceptors (Lipinski definition) is 4. The molecule has 0 aliphatic heterocycles. The fourth-order valence-corrected chi connectivity index (χ4v) is 3.04. The lowest BCUT2D eigenvalue weighted by atomic mass is 10.1. The number of thioether (sulfide) groups is 1. The number of quaternary nitrogens is 1. The summed E-state index contributed by atoms with van der Waals surface area (Å²) in [7, 11) is 0. The summed E-state index contributed by atoms with van der Waals surface area (Å²) in [6.45, 7) is 8.58. The van der Waals surface area contributed by atoms with Crippen molar-refractivity contribution in [2.75, 3.05) is 0 Å². The van der Waals surface area contributed by atoms with Crippen LogP contribution in [0.3, 0.4) is 0 Å². The minimum Gasteiger partial charge on any atom is -0.410 e. The fourth-order valence-electron chi connectivity index (χ4n) is 2.21. The van der Waals surface area contributed by atoms with E-state index in [1.165, 1.54) is 16.7 Å². The lowest BCUT2D eigenvalue weighted by Gasteiger charge is -2.06. The van der Waals surface area contributed by atoms with Crippen molar-refractivity contribution >= 4 is 11.8 Å². The second kappa shape index (κ2) is 7.09. The van der Waals surface area contributed by atoms with Gasteiger partial charge >= 0.3 is 0 Å². The van der Waals surface area contributed by atoms with Crippen molar-refractivity contribution in [2.45, 2.75) is 51.1 Å². The zero-order valence-electron chi connectivity index (χ0n) is 13.2. The van der Waals surface area contributed by atoms with Crippen LogP contribution in [0.4, 0.5) is 0 Å². The van der Waals surface area contributed by atoms with Gasteiger partial charge in [-0.25, -0.2) is 0 Å². The fraction of sp³-hybridized carbons (Fsp3) is 0.500. The third-order valence-electron chi connectivity index (χ3n) is 3.38. The van der Waals surface area contributed by atoms with Crippen LogP contribution in [0.5, 0.6) is 0 Å². The Bertz CT molecular complexity index is 595. The second-order valence-corrected chi connectivity index (χ2v) is 6.88. The van der Waals surface area contributed by atoms with E-state index in [-0.39, 0.29) is 6.04 Å². The van der Waals surface area contributed by atoms with Crippen LogP contribution in [0, 0.1) is 19.8 Å². The first-order chi connectivity index (χ1) is 9.95. The van der Waals surface area contributed by atoms with E-state index in [1.807, 2.05) is 0 Å². The van der Waals surface area contributed by atoms with Gasteiger partial charge in [0.05, 0.1) is 0 Å². The molecule has 114 valence electrons. The van der Waals surface area contributed by atoms with Gasteiger partial charge in [-0.15, -0.1) is 10.2 Å². The molecule has 2 aromatic rings. The monoisotopic (exact) mass is 306 g/mol. The van der Waals surface area contributed by atoms with Crippen LogP contribution in [-0.4, -0.2) is 10.2 Å². The molecule has 0 aliphatic carbocycles. The van der Waals surface area contributed by atoms with Crippen LogP contribution >= 0.6 is 11.8 Å². The van der Waals surface area contributed by atoms with Crippen molar-refractivity contribution in [3.05, 3.63) is 40.8 Å². The summed E-state index contributed by atoms with van der Waals surface area (Å²) in [5, 5.41) is 8.87. The van der Waals surface area contributed by atoms with Crippen LogP contribution in [0.15, 0.2) is 27.8 Å². The van der Waals surface area contributed by atoms with Crippen molar-refractivity contribution in [2.24, 2.45) is 5.92 Å². The Morgan fingerprint density at radius 1 is 1.24 bits per heavy atom. The topological polar surface area (TPSA) is 66.6 Å². The lowest BCUT2D eigenvalue weighted by Crippen LogP contribution is -2.54. The van der Waals surface area contributed by atoms with E-state index < -0.39 is 0 Å². The number of rotatable bonds is 6. The van der Waals surface area contributed by atoms with Gasteiger partial charge in [-0.3, -0.25) is 0 Å². The molecular weight excluding hydrogens is 282 g/mol. The number of nitrogens with zero attached hydrogens (tertiary/aromatic N) is 2. The van der Waals surface area contributed by atoms with E-state index in [0.29, 0.717) is 17.0 Å². The van der Waals surface area contributed by atoms with Gasteiger partial charge in [0.15, 0.2) is 6.04 Å². The Labute approximate surface area is 130 Å². The van der Waals surface area contributed by atoms with Gasteiger partial charge in [0, 0.05) is 12.2 Å². The molecule has 0 saturated carbocycles. The number of aryl methyl sites for hydroxylation is 2. The predicted octanol–water partition coefficient (Wildman–Crippen LogP) is 3.31. The first-order valence-electron chi connectivity index (χ1n) is 7.31. The molecule has 2 rings (SSSR count). The van der Waals surface area contributed by atoms with E-state index in [2.05, 4.69) is 61.8 Å². The molecule has 1 heterocycles. The summed E-state index contributed by atoms with van der Waals surface area (Å²) in [5.74, 6) is 2.07. The molecule has 1 aromatic heterocycles. The third kappa shape index (κ3) is 4.58. The highest BCUT2D eigenvalue weighted by Crippen LogP contribution is 2.25. The van der Waals surface area contributed by atoms with E-state index in [4.69, 9.17) is 4.42 Å². The summed E-state index contributed by atoms with van der Waals surface area (Å²) >= 11 is 1.59. The van der Waals surface area contributed by atoms with Crippen molar-refractivity contribution in [3.8, 4) is 0 Å². The van der Waals surface area contributed by atoms with Gasteiger partial charge in [-0.1, -0.05) is 49.4 Å². The normalized spacial score (nSPS) is 12.9. The summed E-state index contributed by atoms with van der Waals surface area (Å²) in [5.41, 5.74) is 7.98. The van der Waals surface area contributed by atoms with Crippen LogP contribution < -0.4 is 5.73 Å².